The Hall–Kier alpha value is -2.10. The highest BCUT2D eigenvalue weighted by molar-refractivity contribution is 14.1. The fourth-order valence-electron chi connectivity index (χ4n) is 1.92. The van der Waals surface area contributed by atoms with Crippen molar-refractivity contribution in [3.05, 3.63) is 59.9 Å². The van der Waals surface area contributed by atoms with Crippen LogP contribution in [0, 0.1) is 10.5 Å². The molecule has 2 aromatic rings. The number of carbonyl (C=O) groups is 1. The molecule has 22 heavy (non-hydrogen) atoms. The number of aromatic nitrogens is 2. The molecular formula is C14H15IN4O3. The molecule has 8 heteroatoms. The third-order valence-corrected chi connectivity index (χ3v) is 3.86. The number of benzene rings is 1. The first-order chi connectivity index (χ1) is 10.3. The summed E-state index contributed by atoms with van der Waals surface area (Å²) < 4.78 is 3.16. The average molecular weight is 414 g/mol. The molecule has 116 valence electrons. The number of nitrogens with zero attached hydrogens (tertiary/aromatic N) is 2. The van der Waals surface area contributed by atoms with E-state index in [-0.39, 0.29) is 5.56 Å². The molecule has 1 amide bonds. The maximum atomic E-state index is 12.1. The number of hydrazine groups is 1. The van der Waals surface area contributed by atoms with Crippen molar-refractivity contribution in [1.82, 2.24) is 14.6 Å². The van der Waals surface area contributed by atoms with Gasteiger partial charge in [0, 0.05) is 23.9 Å². The van der Waals surface area contributed by atoms with Gasteiger partial charge >= 0.3 is 5.69 Å². The van der Waals surface area contributed by atoms with Gasteiger partial charge in [-0.3, -0.25) is 25.0 Å². The topological polar surface area (TPSA) is 85.1 Å². The van der Waals surface area contributed by atoms with Crippen molar-refractivity contribution in [3.8, 4) is 0 Å². The van der Waals surface area contributed by atoms with Crippen LogP contribution in [0.3, 0.4) is 0 Å². The summed E-state index contributed by atoms with van der Waals surface area (Å²) in [5.74, 6) is -0.603. The molecule has 0 atom stereocenters. The lowest BCUT2D eigenvalue weighted by Crippen LogP contribution is -2.43. The van der Waals surface area contributed by atoms with Crippen LogP contribution in [0.5, 0.6) is 0 Å². The minimum Gasteiger partial charge on any atom is -0.303 e. The fourth-order valence-corrected chi connectivity index (χ4v) is 2.57. The van der Waals surface area contributed by atoms with E-state index < -0.39 is 17.2 Å². The lowest BCUT2D eigenvalue weighted by molar-refractivity contribution is 0.0959. The number of halogens is 1. The summed E-state index contributed by atoms with van der Waals surface area (Å²) >= 11 is 2.20. The second-order valence-corrected chi connectivity index (χ2v) is 6.08. The molecule has 2 rings (SSSR count). The molecule has 0 radical (unpaired) electrons. The Morgan fingerprint density at radius 3 is 2.55 bits per heavy atom. The van der Waals surface area contributed by atoms with Crippen molar-refractivity contribution in [2.24, 2.45) is 14.1 Å². The average Bonchev–Trinajstić information content (AvgIpc) is 2.47. The van der Waals surface area contributed by atoms with Gasteiger partial charge in [-0.2, -0.15) is 0 Å². The van der Waals surface area contributed by atoms with Gasteiger partial charge in [0.05, 0.1) is 5.69 Å². The molecule has 0 aliphatic heterocycles. The first-order valence-electron chi connectivity index (χ1n) is 6.40. The van der Waals surface area contributed by atoms with E-state index in [1.807, 2.05) is 25.1 Å². The maximum absolute atomic E-state index is 12.1. The van der Waals surface area contributed by atoms with Crippen molar-refractivity contribution in [2.75, 3.05) is 5.43 Å². The molecular weight excluding hydrogens is 399 g/mol. The van der Waals surface area contributed by atoms with Crippen LogP contribution >= 0.6 is 22.6 Å². The standard InChI is InChI=1S/C14H15IN4O3/c1-8-6-9(15)4-5-11(8)16-17-12(20)10-7-18(2)14(22)19(3)13(10)21/h4-7,16H,1-3H3,(H,17,20). The predicted octanol–water partition coefficient (Wildman–Crippen LogP) is 0.754. The minimum absolute atomic E-state index is 0.111. The molecule has 1 heterocycles. The number of amides is 1. The van der Waals surface area contributed by atoms with Crippen molar-refractivity contribution < 1.29 is 4.79 Å². The van der Waals surface area contributed by atoms with Crippen LogP contribution in [0.15, 0.2) is 34.0 Å². The fraction of sp³-hybridized carbons (Fsp3) is 0.214. The van der Waals surface area contributed by atoms with Gasteiger partial charge in [0.2, 0.25) is 0 Å². The normalized spacial score (nSPS) is 10.4. The van der Waals surface area contributed by atoms with Gasteiger partial charge in [0.1, 0.15) is 5.56 Å². The number of carbonyl (C=O) groups excluding carboxylic acids is 1. The van der Waals surface area contributed by atoms with Gasteiger partial charge in [0.25, 0.3) is 11.5 Å². The summed E-state index contributed by atoms with van der Waals surface area (Å²) in [6.07, 6.45) is 1.22. The number of nitrogens with one attached hydrogen (secondary N) is 2. The van der Waals surface area contributed by atoms with Gasteiger partial charge < -0.3 is 4.57 Å². The predicted molar refractivity (Wildman–Crippen MR) is 91.9 cm³/mol. The zero-order valence-corrected chi connectivity index (χ0v) is 14.5. The van der Waals surface area contributed by atoms with E-state index in [2.05, 4.69) is 33.4 Å². The van der Waals surface area contributed by atoms with E-state index in [9.17, 15) is 14.4 Å². The van der Waals surface area contributed by atoms with E-state index in [1.54, 1.807) is 0 Å². The molecule has 2 N–H and O–H groups in total. The maximum Gasteiger partial charge on any atom is 0.330 e. The summed E-state index contributed by atoms with van der Waals surface area (Å²) in [7, 11) is 2.81. The highest BCUT2D eigenvalue weighted by atomic mass is 127. The Kier molecular flexibility index (Phi) is 4.69. The molecule has 0 unspecified atom stereocenters. The largest absolute Gasteiger partial charge is 0.330 e. The highest BCUT2D eigenvalue weighted by Crippen LogP contribution is 2.16. The molecule has 0 spiro atoms. The van der Waals surface area contributed by atoms with Crippen molar-refractivity contribution >= 4 is 34.2 Å². The lowest BCUT2D eigenvalue weighted by atomic mass is 10.2. The quantitative estimate of drug-likeness (QED) is 0.574. The Labute approximate surface area is 140 Å². The van der Waals surface area contributed by atoms with Gasteiger partial charge in [-0.05, 0) is 53.3 Å². The van der Waals surface area contributed by atoms with Gasteiger partial charge in [-0.1, -0.05) is 0 Å². The van der Waals surface area contributed by atoms with E-state index in [0.717, 1.165) is 19.4 Å². The molecule has 0 bridgehead atoms. The van der Waals surface area contributed by atoms with E-state index in [0.29, 0.717) is 0 Å². The van der Waals surface area contributed by atoms with Crippen molar-refractivity contribution in [1.29, 1.82) is 0 Å². The number of anilines is 1. The number of hydrogen-bond acceptors (Lipinski definition) is 4. The monoisotopic (exact) mass is 414 g/mol. The third kappa shape index (κ3) is 3.21. The summed E-state index contributed by atoms with van der Waals surface area (Å²) in [4.78, 5) is 35.7. The van der Waals surface area contributed by atoms with Crippen LogP contribution in [0.4, 0.5) is 5.69 Å². The first kappa shape index (κ1) is 16.3. The SMILES string of the molecule is Cc1cc(I)ccc1NNC(=O)c1cn(C)c(=O)n(C)c1=O. The first-order valence-corrected chi connectivity index (χ1v) is 7.48. The summed E-state index contributed by atoms with van der Waals surface area (Å²) in [5.41, 5.74) is 5.71. The van der Waals surface area contributed by atoms with E-state index >= 15 is 0 Å². The Bertz CT molecular complexity index is 854. The Morgan fingerprint density at radius 2 is 1.91 bits per heavy atom. The summed E-state index contributed by atoms with van der Waals surface area (Å²) in [6, 6.07) is 5.68. The minimum atomic E-state index is -0.637. The van der Waals surface area contributed by atoms with Gasteiger partial charge in [0.15, 0.2) is 0 Å². The number of rotatable bonds is 3. The second-order valence-electron chi connectivity index (χ2n) is 4.84. The Balaban J connectivity index is 2.23. The van der Waals surface area contributed by atoms with E-state index in [4.69, 9.17) is 0 Å². The Morgan fingerprint density at radius 1 is 1.23 bits per heavy atom. The van der Waals surface area contributed by atoms with Crippen LogP contribution in [-0.4, -0.2) is 15.0 Å². The smallest absolute Gasteiger partial charge is 0.303 e. The van der Waals surface area contributed by atoms with Crippen molar-refractivity contribution in [2.45, 2.75) is 6.92 Å². The third-order valence-electron chi connectivity index (χ3n) is 3.19. The summed E-state index contributed by atoms with van der Waals surface area (Å²) in [6.45, 7) is 1.90. The molecule has 0 saturated heterocycles. The van der Waals surface area contributed by atoms with Crippen LogP contribution in [0.25, 0.3) is 0 Å². The molecule has 1 aromatic heterocycles. The molecule has 0 saturated carbocycles. The zero-order valence-electron chi connectivity index (χ0n) is 12.3. The van der Waals surface area contributed by atoms with E-state index in [1.165, 1.54) is 24.9 Å². The molecule has 0 aliphatic rings. The summed E-state index contributed by atoms with van der Waals surface area (Å²) in [5, 5.41) is 0. The van der Waals surface area contributed by atoms with Crippen LogP contribution < -0.4 is 22.1 Å². The van der Waals surface area contributed by atoms with Crippen LogP contribution in [0.2, 0.25) is 0 Å². The number of aryl methyl sites for hydroxylation is 2. The van der Waals surface area contributed by atoms with Crippen LogP contribution in [0.1, 0.15) is 15.9 Å². The van der Waals surface area contributed by atoms with Gasteiger partial charge in [-0.25, -0.2) is 4.79 Å². The van der Waals surface area contributed by atoms with Crippen molar-refractivity contribution in [3.63, 3.8) is 0 Å². The highest BCUT2D eigenvalue weighted by Gasteiger charge is 2.14. The van der Waals surface area contributed by atoms with Gasteiger partial charge in [-0.15, -0.1) is 0 Å². The number of hydrogen-bond donors (Lipinski definition) is 2. The molecule has 1 aromatic carbocycles. The molecule has 0 fully saturated rings. The van der Waals surface area contributed by atoms with Crippen LogP contribution in [-0.2, 0) is 14.1 Å². The molecule has 0 aliphatic carbocycles. The molecule has 7 nitrogen and oxygen atoms in total. The lowest BCUT2D eigenvalue weighted by Gasteiger charge is -2.12. The second kappa shape index (κ2) is 6.34. The zero-order chi connectivity index (χ0) is 16.4.